The maximum Gasteiger partial charge on any atom is 0.121 e. The Hall–Kier alpha value is -0.500. The molecule has 1 aliphatic heterocycles. The Labute approximate surface area is 61.5 Å². The predicted octanol–water partition coefficient (Wildman–Crippen LogP) is 1.31. The van der Waals surface area contributed by atoms with Crippen LogP contribution in [0.3, 0.4) is 0 Å². The van der Waals surface area contributed by atoms with E-state index in [1.165, 1.54) is 0 Å². The summed E-state index contributed by atoms with van der Waals surface area (Å²) in [5.74, 6) is 1.43. The molecule has 1 unspecified atom stereocenters. The molecule has 0 aromatic heterocycles. The van der Waals surface area contributed by atoms with Crippen molar-refractivity contribution in [3.63, 3.8) is 0 Å². The van der Waals surface area contributed by atoms with Gasteiger partial charge < -0.3 is 9.84 Å². The highest BCUT2D eigenvalue weighted by molar-refractivity contribution is 4.90. The normalized spacial score (nSPS) is 33.6. The molecule has 1 fully saturated rings. The summed E-state index contributed by atoms with van der Waals surface area (Å²) in [6.45, 7) is 5.99. The number of rotatable bonds is 1. The minimum Gasteiger partial charge on any atom is -0.493 e. The lowest BCUT2D eigenvalue weighted by atomic mass is 9.97. The molecule has 2 nitrogen and oxygen atoms in total. The third-order valence-electron chi connectivity index (χ3n) is 1.78. The fraction of sp³-hybridized carbons (Fsp3) is 0.750. The zero-order valence-corrected chi connectivity index (χ0v) is 6.34. The van der Waals surface area contributed by atoms with Crippen molar-refractivity contribution in [2.24, 2.45) is 5.92 Å². The van der Waals surface area contributed by atoms with Crippen molar-refractivity contribution in [1.82, 2.24) is 0 Å². The largest absolute Gasteiger partial charge is 0.493 e. The molecular formula is C8H14O2. The van der Waals surface area contributed by atoms with Crippen LogP contribution in [0.5, 0.6) is 0 Å². The molecular weight excluding hydrogens is 128 g/mol. The number of aliphatic hydroxyl groups excluding tert-OH is 1. The van der Waals surface area contributed by atoms with Gasteiger partial charge in [-0.3, -0.25) is 0 Å². The van der Waals surface area contributed by atoms with E-state index in [1.54, 1.807) is 0 Å². The van der Waals surface area contributed by atoms with Crippen LogP contribution in [0.2, 0.25) is 0 Å². The lowest BCUT2D eigenvalue weighted by molar-refractivity contribution is 0.0114. The van der Waals surface area contributed by atoms with Crippen LogP contribution in [0.4, 0.5) is 0 Å². The molecule has 0 aliphatic carbocycles. The Balaban J connectivity index is 2.42. The first-order valence-corrected chi connectivity index (χ1v) is 3.67. The number of aliphatic hydroxyl groups is 1. The van der Waals surface area contributed by atoms with Gasteiger partial charge in [0.25, 0.3) is 0 Å². The Morgan fingerprint density at radius 2 is 2.50 bits per heavy atom. The van der Waals surface area contributed by atoms with Crippen molar-refractivity contribution in [2.75, 3.05) is 6.61 Å². The van der Waals surface area contributed by atoms with E-state index in [-0.39, 0.29) is 12.7 Å². The maximum atomic E-state index is 8.76. The van der Waals surface area contributed by atoms with E-state index < -0.39 is 0 Å². The molecule has 1 heterocycles. The molecule has 1 saturated heterocycles. The molecule has 0 amide bonds. The van der Waals surface area contributed by atoms with Crippen LogP contribution >= 0.6 is 0 Å². The Morgan fingerprint density at radius 3 is 3.00 bits per heavy atom. The van der Waals surface area contributed by atoms with E-state index in [1.807, 2.05) is 0 Å². The molecule has 0 spiro atoms. The topological polar surface area (TPSA) is 29.5 Å². The van der Waals surface area contributed by atoms with Gasteiger partial charge in [-0.15, -0.1) is 0 Å². The second kappa shape index (κ2) is 3.06. The van der Waals surface area contributed by atoms with Crippen molar-refractivity contribution >= 4 is 0 Å². The summed E-state index contributed by atoms with van der Waals surface area (Å²) < 4.78 is 5.26. The molecule has 1 rings (SSSR count). The Kier molecular flexibility index (Phi) is 2.33. The van der Waals surface area contributed by atoms with Gasteiger partial charge in [0.05, 0.1) is 12.4 Å². The smallest absolute Gasteiger partial charge is 0.121 e. The first-order valence-electron chi connectivity index (χ1n) is 3.67. The molecule has 1 N–H and O–H groups in total. The molecule has 2 heteroatoms. The first kappa shape index (κ1) is 7.61. The highest BCUT2D eigenvalue weighted by Gasteiger charge is 2.20. The summed E-state index contributed by atoms with van der Waals surface area (Å²) in [5.41, 5.74) is 0. The minimum atomic E-state index is -0.00347. The van der Waals surface area contributed by atoms with Crippen LogP contribution in [-0.2, 0) is 4.74 Å². The monoisotopic (exact) mass is 142 g/mol. The van der Waals surface area contributed by atoms with Gasteiger partial charge in [-0.25, -0.2) is 0 Å². The van der Waals surface area contributed by atoms with E-state index >= 15 is 0 Å². The number of hydrogen-bond donors (Lipinski definition) is 1. The molecule has 0 aromatic carbocycles. The average Bonchev–Trinajstić information content (AvgIpc) is 1.85. The number of hydrogen-bond acceptors (Lipinski definition) is 2. The summed E-state index contributed by atoms with van der Waals surface area (Å²) in [6, 6.07) is 0. The van der Waals surface area contributed by atoms with Crippen LogP contribution in [0.25, 0.3) is 0 Å². The second-order valence-electron chi connectivity index (χ2n) is 3.01. The van der Waals surface area contributed by atoms with Crippen molar-refractivity contribution in [3.8, 4) is 0 Å². The molecule has 58 valence electrons. The summed E-state index contributed by atoms with van der Waals surface area (Å²) >= 11 is 0. The fourth-order valence-electron chi connectivity index (χ4n) is 1.36. The molecule has 1 aliphatic rings. The van der Waals surface area contributed by atoms with Crippen molar-refractivity contribution < 1.29 is 9.84 Å². The van der Waals surface area contributed by atoms with E-state index in [9.17, 15) is 0 Å². The van der Waals surface area contributed by atoms with E-state index in [4.69, 9.17) is 9.84 Å². The summed E-state index contributed by atoms with van der Waals surface area (Å²) in [6.07, 6.45) is 1.89. The zero-order valence-electron chi connectivity index (χ0n) is 6.34. The molecule has 0 aromatic rings. The van der Waals surface area contributed by atoms with Crippen LogP contribution in [0.15, 0.2) is 12.3 Å². The van der Waals surface area contributed by atoms with E-state index in [2.05, 4.69) is 13.5 Å². The molecule has 0 saturated carbocycles. The highest BCUT2D eigenvalue weighted by atomic mass is 16.5. The van der Waals surface area contributed by atoms with Gasteiger partial charge in [0.1, 0.15) is 6.10 Å². The molecule has 0 bridgehead atoms. The zero-order chi connectivity index (χ0) is 7.56. The minimum absolute atomic E-state index is 0.00347. The summed E-state index contributed by atoms with van der Waals surface area (Å²) in [4.78, 5) is 0. The van der Waals surface area contributed by atoms with Crippen LogP contribution in [0, 0.1) is 5.92 Å². The van der Waals surface area contributed by atoms with Crippen molar-refractivity contribution in [2.45, 2.75) is 25.9 Å². The second-order valence-corrected chi connectivity index (χ2v) is 3.01. The van der Waals surface area contributed by atoms with Crippen LogP contribution < -0.4 is 0 Å². The van der Waals surface area contributed by atoms with Crippen LogP contribution in [0.1, 0.15) is 19.8 Å². The van der Waals surface area contributed by atoms with Gasteiger partial charge in [-0.2, -0.15) is 0 Å². The Bertz CT molecular complexity index is 131. The van der Waals surface area contributed by atoms with E-state index in [0.29, 0.717) is 5.92 Å². The van der Waals surface area contributed by atoms with Crippen molar-refractivity contribution in [3.05, 3.63) is 12.3 Å². The number of allylic oxidation sites excluding steroid dienone is 1. The van der Waals surface area contributed by atoms with Gasteiger partial charge in [-0.05, 0) is 12.3 Å². The van der Waals surface area contributed by atoms with Gasteiger partial charge in [0, 0.05) is 6.42 Å². The summed E-state index contributed by atoms with van der Waals surface area (Å²) in [5, 5.41) is 8.76. The van der Waals surface area contributed by atoms with E-state index in [0.717, 1.165) is 18.6 Å². The van der Waals surface area contributed by atoms with Crippen molar-refractivity contribution in [1.29, 1.82) is 0 Å². The molecule has 10 heavy (non-hydrogen) atoms. The lowest BCUT2D eigenvalue weighted by Gasteiger charge is -2.28. The highest BCUT2D eigenvalue weighted by Crippen LogP contribution is 2.25. The molecule has 2 atom stereocenters. The Morgan fingerprint density at radius 1 is 1.80 bits per heavy atom. The first-order chi connectivity index (χ1) is 4.72. The van der Waals surface area contributed by atoms with Gasteiger partial charge in [0.2, 0.25) is 0 Å². The van der Waals surface area contributed by atoms with Crippen LogP contribution in [-0.4, -0.2) is 17.8 Å². The van der Waals surface area contributed by atoms with Gasteiger partial charge >= 0.3 is 0 Å². The fourth-order valence-corrected chi connectivity index (χ4v) is 1.36. The van der Waals surface area contributed by atoms with Gasteiger partial charge in [0.15, 0.2) is 0 Å². The quantitative estimate of drug-likeness (QED) is 0.598. The van der Waals surface area contributed by atoms with Gasteiger partial charge in [-0.1, -0.05) is 13.5 Å². The third kappa shape index (κ3) is 1.74. The standard InChI is InChI=1S/C8H14O2/c1-6-3-7(2)10-8(4-6)5-9/h6,8-9H,2-5H2,1H3/t6-,8?/m0/s1. The predicted molar refractivity (Wildman–Crippen MR) is 39.5 cm³/mol. The number of ether oxygens (including phenoxy) is 1. The summed E-state index contributed by atoms with van der Waals surface area (Å²) in [7, 11) is 0. The lowest BCUT2D eigenvalue weighted by Crippen LogP contribution is -2.25. The third-order valence-corrected chi connectivity index (χ3v) is 1.78. The SMILES string of the molecule is C=C1C[C@H](C)CC(CO)O1. The molecule has 0 radical (unpaired) electrons. The average molecular weight is 142 g/mol. The maximum absolute atomic E-state index is 8.76.